The highest BCUT2D eigenvalue weighted by atomic mass is 32.2. The summed E-state index contributed by atoms with van der Waals surface area (Å²) in [5, 5.41) is 11.7. The number of aryl methyl sites for hydroxylation is 2. The van der Waals surface area contributed by atoms with E-state index in [1.165, 1.54) is 23.1 Å². The molecule has 0 radical (unpaired) electrons. The van der Waals surface area contributed by atoms with Crippen molar-refractivity contribution in [1.82, 2.24) is 25.0 Å². The van der Waals surface area contributed by atoms with Gasteiger partial charge in [-0.3, -0.25) is 0 Å². The molecule has 6 rings (SSSR count). The van der Waals surface area contributed by atoms with Crippen molar-refractivity contribution >= 4 is 28.9 Å². The second-order valence-electron chi connectivity index (χ2n) is 9.35. The number of aromatic nitrogens is 5. The van der Waals surface area contributed by atoms with Gasteiger partial charge in [-0.25, -0.2) is 9.67 Å². The Morgan fingerprint density at radius 3 is 2.79 bits per heavy atom. The van der Waals surface area contributed by atoms with Crippen molar-refractivity contribution in [1.29, 1.82) is 0 Å². The molecule has 12 heteroatoms. The fourth-order valence-electron chi connectivity index (χ4n) is 4.82. The molecule has 39 heavy (non-hydrogen) atoms. The lowest BCUT2D eigenvalue weighted by atomic mass is 9.96. The Morgan fingerprint density at radius 1 is 1.21 bits per heavy atom. The topological polar surface area (TPSA) is 97.8 Å². The maximum absolute atomic E-state index is 7.59. The molecule has 0 aliphatic carbocycles. The lowest BCUT2D eigenvalue weighted by Gasteiger charge is -2.48. The predicted octanol–water partition coefficient (Wildman–Crippen LogP) is 5.15. The van der Waals surface area contributed by atoms with Crippen LogP contribution in [0.5, 0.6) is 0 Å². The maximum Gasteiger partial charge on any atom is 0.283 e. The first-order valence-electron chi connectivity index (χ1n) is 12.4. The van der Waals surface area contributed by atoms with Crippen LogP contribution in [0.1, 0.15) is 29.2 Å². The zero-order valence-corrected chi connectivity index (χ0v) is 23.1. The SMILES string of the molecule is [C-]#[N+]c1ncc(C)cc1S[C@H]1OC2COC(c3ccccc3)O[C@@H]2[C@H](n2cc(-c3nc(C)cs3)nn2)C1OC. The van der Waals surface area contributed by atoms with Crippen LogP contribution < -0.4 is 0 Å². The Bertz CT molecular complexity index is 1490. The van der Waals surface area contributed by atoms with Crippen molar-refractivity contribution in [2.24, 2.45) is 0 Å². The van der Waals surface area contributed by atoms with Gasteiger partial charge < -0.3 is 23.8 Å². The van der Waals surface area contributed by atoms with E-state index >= 15 is 0 Å². The number of hydrogen-bond acceptors (Lipinski definition) is 10. The molecule has 2 aliphatic rings. The molecule has 5 heterocycles. The summed E-state index contributed by atoms with van der Waals surface area (Å²) < 4.78 is 27.1. The van der Waals surface area contributed by atoms with Gasteiger partial charge in [-0.2, -0.15) is 0 Å². The van der Waals surface area contributed by atoms with Crippen molar-refractivity contribution in [2.45, 2.75) is 54.8 Å². The molecule has 0 N–H and O–H groups in total. The molecule has 2 fully saturated rings. The first-order valence-corrected chi connectivity index (χ1v) is 14.2. The van der Waals surface area contributed by atoms with Gasteiger partial charge in [0.25, 0.3) is 5.82 Å². The van der Waals surface area contributed by atoms with Crippen LogP contribution in [0.4, 0.5) is 5.82 Å². The normalized spacial score (nSPS) is 26.6. The van der Waals surface area contributed by atoms with E-state index in [-0.39, 0.29) is 0 Å². The van der Waals surface area contributed by atoms with Crippen LogP contribution in [0, 0.1) is 20.4 Å². The molecule has 0 saturated carbocycles. The number of fused-ring (bicyclic) bond motifs is 1. The summed E-state index contributed by atoms with van der Waals surface area (Å²) >= 11 is 2.94. The van der Waals surface area contributed by atoms with Gasteiger partial charge in [0.1, 0.15) is 46.7 Å². The molecule has 0 bridgehead atoms. The van der Waals surface area contributed by atoms with E-state index in [2.05, 4.69) is 25.1 Å². The molecule has 6 atom stereocenters. The lowest BCUT2D eigenvalue weighted by Crippen LogP contribution is -2.59. The predicted molar refractivity (Wildman–Crippen MR) is 145 cm³/mol. The molecule has 0 amide bonds. The number of ether oxygens (including phenoxy) is 4. The quantitative estimate of drug-likeness (QED) is 0.296. The molecular formula is C27H26N6O4S2. The zero-order chi connectivity index (χ0) is 26.9. The number of nitrogens with zero attached hydrogens (tertiary/aromatic N) is 6. The Kier molecular flexibility index (Phi) is 7.44. The number of methoxy groups -OCH3 is 1. The van der Waals surface area contributed by atoms with Gasteiger partial charge in [0.15, 0.2) is 6.29 Å². The van der Waals surface area contributed by atoms with Gasteiger partial charge in [0.2, 0.25) is 0 Å². The Balaban J connectivity index is 1.37. The van der Waals surface area contributed by atoms with E-state index < -0.39 is 36.1 Å². The van der Waals surface area contributed by atoms with E-state index in [9.17, 15) is 0 Å². The molecule has 4 aromatic rings. The van der Waals surface area contributed by atoms with Gasteiger partial charge in [-0.15, -0.1) is 33.2 Å². The minimum absolute atomic E-state index is 0.323. The van der Waals surface area contributed by atoms with Crippen molar-refractivity contribution in [3.05, 3.63) is 82.4 Å². The van der Waals surface area contributed by atoms with Crippen LogP contribution >= 0.6 is 23.1 Å². The smallest absolute Gasteiger partial charge is 0.283 e. The highest BCUT2D eigenvalue weighted by molar-refractivity contribution is 8.00. The molecule has 0 spiro atoms. The molecule has 10 nitrogen and oxygen atoms in total. The molecule has 2 aliphatic heterocycles. The van der Waals surface area contributed by atoms with Crippen LogP contribution in [0.2, 0.25) is 0 Å². The van der Waals surface area contributed by atoms with Crippen LogP contribution in [0.25, 0.3) is 15.5 Å². The standard InChI is InChI=1S/C27H26N6O4S2/c1-15-10-20(24(28-3)29-11-15)39-27-23(34-4)21(33-12-18(31-32-33)25-30-16(2)14-38-25)22-19(36-27)13-35-26(37-22)17-8-6-5-7-9-17/h5-12,14,19,21-23,26-27H,13H2,1-2,4H3/t19?,21-,22-,23?,26?,27+/m0/s1. The average Bonchev–Trinajstić information content (AvgIpc) is 3.62. The maximum atomic E-state index is 7.59. The molecule has 2 saturated heterocycles. The van der Waals surface area contributed by atoms with Crippen molar-refractivity contribution < 1.29 is 18.9 Å². The molecule has 200 valence electrons. The molecule has 1 aromatic carbocycles. The third-order valence-electron chi connectivity index (χ3n) is 6.63. The second-order valence-corrected chi connectivity index (χ2v) is 11.4. The van der Waals surface area contributed by atoms with Crippen LogP contribution in [-0.2, 0) is 18.9 Å². The summed E-state index contributed by atoms with van der Waals surface area (Å²) in [6.07, 6.45) is 1.69. The first-order chi connectivity index (χ1) is 19.0. The van der Waals surface area contributed by atoms with Crippen molar-refractivity contribution in [2.75, 3.05) is 13.7 Å². The minimum atomic E-state index is -0.556. The highest BCUT2D eigenvalue weighted by Gasteiger charge is 2.52. The summed E-state index contributed by atoms with van der Waals surface area (Å²) in [4.78, 5) is 13.2. The fourth-order valence-corrected chi connectivity index (χ4v) is 6.87. The number of thioether (sulfide) groups is 1. The van der Waals surface area contributed by atoms with E-state index in [0.717, 1.165) is 26.7 Å². The second kappa shape index (κ2) is 11.1. The van der Waals surface area contributed by atoms with Gasteiger partial charge in [-0.05, 0) is 19.4 Å². The van der Waals surface area contributed by atoms with Gasteiger partial charge in [0, 0.05) is 28.6 Å². The third kappa shape index (κ3) is 5.21. The van der Waals surface area contributed by atoms with E-state index in [0.29, 0.717) is 18.1 Å². The number of benzene rings is 1. The average molecular weight is 563 g/mol. The fraction of sp³-hybridized carbons (Fsp3) is 0.370. The largest absolute Gasteiger partial charge is 0.375 e. The first kappa shape index (κ1) is 26.1. The van der Waals surface area contributed by atoms with E-state index in [4.69, 9.17) is 25.5 Å². The van der Waals surface area contributed by atoms with Crippen LogP contribution in [0.15, 0.2) is 59.1 Å². The number of thiazole rings is 1. The monoisotopic (exact) mass is 562 g/mol. The summed E-state index contributed by atoms with van der Waals surface area (Å²) in [6, 6.07) is 11.4. The van der Waals surface area contributed by atoms with Gasteiger partial charge >= 0.3 is 0 Å². The molecule has 3 aromatic heterocycles. The summed E-state index contributed by atoms with van der Waals surface area (Å²) in [7, 11) is 1.65. The number of hydrogen-bond donors (Lipinski definition) is 0. The van der Waals surface area contributed by atoms with Crippen molar-refractivity contribution in [3.63, 3.8) is 0 Å². The minimum Gasteiger partial charge on any atom is -0.375 e. The van der Waals surface area contributed by atoms with E-state index in [1.54, 1.807) is 18.0 Å². The van der Waals surface area contributed by atoms with Crippen LogP contribution in [0.3, 0.4) is 0 Å². The van der Waals surface area contributed by atoms with E-state index in [1.807, 2.05) is 61.8 Å². The Hall–Kier alpha value is -3.18. The lowest BCUT2D eigenvalue weighted by molar-refractivity contribution is -0.308. The zero-order valence-electron chi connectivity index (χ0n) is 21.5. The number of rotatable bonds is 6. The number of pyridine rings is 1. The summed E-state index contributed by atoms with van der Waals surface area (Å²) in [5.74, 6) is 0.324. The Labute approximate surface area is 234 Å². The Morgan fingerprint density at radius 2 is 2.05 bits per heavy atom. The highest BCUT2D eigenvalue weighted by Crippen LogP contribution is 2.45. The van der Waals surface area contributed by atoms with Crippen molar-refractivity contribution in [3.8, 4) is 10.7 Å². The molecular weight excluding hydrogens is 536 g/mol. The third-order valence-corrected chi connectivity index (χ3v) is 8.77. The van der Waals surface area contributed by atoms with Crippen LogP contribution in [-0.4, -0.2) is 62.4 Å². The van der Waals surface area contributed by atoms with Gasteiger partial charge in [-0.1, -0.05) is 48.2 Å². The van der Waals surface area contributed by atoms with Gasteiger partial charge in [0.05, 0.1) is 12.8 Å². The molecule has 3 unspecified atom stereocenters. The summed E-state index contributed by atoms with van der Waals surface area (Å²) in [5.41, 5.74) is 3.01. The summed E-state index contributed by atoms with van der Waals surface area (Å²) in [6.45, 7) is 11.8.